The van der Waals surface area contributed by atoms with Crippen molar-refractivity contribution >= 4 is 23.0 Å². The van der Waals surface area contributed by atoms with E-state index in [9.17, 15) is 4.79 Å². The summed E-state index contributed by atoms with van der Waals surface area (Å²) in [5.74, 6) is 0.386. The fourth-order valence-corrected chi connectivity index (χ4v) is 3.36. The number of benzene rings is 3. The average molecular weight is 344 g/mol. The summed E-state index contributed by atoms with van der Waals surface area (Å²) >= 11 is 0. The maximum absolute atomic E-state index is 12.5. The van der Waals surface area contributed by atoms with Crippen LogP contribution in [0.5, 0.6) is 5.75 Å². The van der Waals surface area contributed by atoms with E-state index in [1.54, 1.807) is 19.2 Å². The van der Waals surface area contributed by atoms with Crippen LogP contribution in [-0.4, -0.2) is 19.6 Å². The normalized spacial score (nSPS) is 12.6. The van der Waals surface area contributed by atoms with E-state index in [0.29, 0.717) is 11.3 Å². The van der Waals surface area contributed by atoms with Crippen molar-refractivity contribution in [2.24, 2.45) is 0 Å². The van der Waals surface area contributed by atoms with Crippen LogP contribution in [0.3, 0.4) is 0 Å². The van der Waals surface area contributed by atoms with Gasteiger partial charge in [0.2, 0.25) is 0 Å². The minimum atomic E-state index is -0.179. The number of carbonyl (C=O) groups is 1. The number of nitrogens with zero attached hydrogens (tertiary/aromatic N) is 1. The third kappa shape index (κ3) is 3.02. The number of nitrogens with one attached hydrogen (secondary N) is 1. The van der Waals surface area contributed by atoms with Gasteiger partial charge in [0.25, 0.3) is 5.91 Å². The van der Waals surface area contributed by atoms with Crippen LogP contribution in [0.4, 0.5) is 17.1 Å². The van der Waals surface area contributed by atoms with Crippen molar-refractivity contribution in [2.75, 3.05) is 23.9 Å². The highest BCUT2D eigenvalue weighted by Crippen LogP contribution is 2.34. The van der Waals surface area contributed by atoms with Crippen LogP contribution in [0.1, 0.15) is 15.9 Å². The molecule has 0 fully saturated rings. The number of methoxy groups -OCH3 is 1. The molecule has 0 radical (unpaired) electrons. The van der Waals surface area contributed by atoms with Gasteiger partial charge in [0.05, 0.1) is 12.7 Å². The van der Waals surface area contributed by atoms with Gasteiger partial charge < -0.3 is 15.0 Å². The van der Waals surface area contributed by atoms with E-state index in [1.165, 1.54) is 11.3 Å². The third-order valence-electron chi connectivity index (χ3n) is 4.68. The fraction of sp³-hybridized carbons (Fsp3) is 0.136. The summed E-state index contributed by atoms with van der Waals surface area (Å²) in [6.45, 7) is 0.978. The molecule has 1 heterocycles. The Morgan fingerprint density at radius 2 is 1.69 bits per heavy atom. The van der Waals surface area contributed by atoms with Gasteiger partial charge in [-0.2, -0.15) is 0 Å². The second-order valence-electron chi connectivity index (χ2n) is 6.23. The van der Waals surface area contributed by atoms with E-state index in [0.717, 1.165) is 24.3 Å². The van der Waals surface area contributed by atoms with Crippen LogP contribution in [0.2, 0.25) is 0 Å². The molecule has 3 aromatic carbocycles. The summed E-state index contributed by atoms with van der Waals surface area (Å²) in [7, 11) is 1.56. The number of hydrogen-bond donors (Lipinski definition) is 1. The molecule has 130 valence electrons. The summed E-state index contributed by atoms with van der Waals surface area (Å²) in [5, 5.41) is 2.93. The van der Waals surface area contributed by atoms with Gasteiger partial charge in [-0.15, -0.1) is 0 Å². The molecule has 4 heteroatoms. The molecule has 0 aliphatic carbocycles. The quantitative estimate of drug-likeness (QED) is 0.749. The third-order valence-corrected chi connectivity index (χ3v) is 4.68. The highest BCUT2D eigenvalue weighted by Gasteiger charge is 2.19. The second-order valence-corrected chi connectivity index (χ2v) is 6.23. The first-order valence-electron chi connectivity index (χ1n) is 8.66. The highest BCUT2D eigenvalue weighted by atomic mass is 16.5. The van der Waals surface area contributed by atoms with Crippen molar-refractivity contribution in [3.05, 3.63) is 83.9 Å². The topological polar surface area (TPSA) is 41.6 Å². The Hall–Kier alpha value is -3.27. The molecular formula is C22H20N2O2. The first-order chi connectivity index (χ1) is 12.8. The number of fused-ring (bicyclic) bond motifs is 1. The van der Waals surface area contributed by atoms with Crippen molar-refractivity contribution in [3.63, 3.8) is 0 Å². The zero-order valence-corrected chi connectivity index (χ0v) is 14.6. The van der Waals surface area contributed by atoms with Crippen LogP contribution < -0.4 is 15.0 Å². The lowest BCUT2D eigenvalue weighted by atomic mass is 10.1. The Morgan fingerprint density at radius 1 is 0.962 bits per heavy atom. The monoisotopic (exact) mass is 344 g/mol. The number of carbonyl (C=O) groups excluding carboxylic acids is 1. The molecule has 0 saturated heterocycles. The highest BCUT2D eigenvalue weighted by molar-refractivity contribution is 6.06. The van der Waals surface area contributed by atoms with E-state index < -0.39 is 0 Å². The molecular weight excluding hydrogens is 324 g/mol. The largest absolute Gasteiger partial charge is 0.496 e. The van der Waals surface area contributed by atoms with Crippen LogP contribution in [-0.2, 0) is 6.42 Å². The van der Waals surface area contributed by atoms with Crippen molar-refractivity contribution in [3.8, 4) is 5.75 Å². The lowest BCUT2D eigenvalue weighted by molar-refractivity contribution is 0.102. The number of amides is 1. The summed E-state index contributed by atoms with van der Waals surface area (Å²) in [6, 6.07) is 23.6. The number of hydrogen-bond acceptors (Lipinski definition) is 3. The lowest BCUT2D eigenvalue weighted by Crippen LogP contribution is -2.14. The van der Waals surface area contributed by atoms with Crippen molar-refractivity contribution in [1.82, 2.24) is 0 Å². The van der Waals surface area contributed by atoms with Crippen LogP contribution >= 0.6 is 0 Å². The molecule has 1 aliphatic rings. The fourth-order valence-electron chi connectivity index (χ4n) is 3.36. The number of rotatable bonds is 4. The predicted molar refractivity (Wildman–Crippen MR) is 105 cm³/mol. The SMILES string of the molecule is COc1ccccc1C(=O)Nc1ccc(N2CCc3ccccc32)cc1. The zero-order chi connectivity index (χ0) is 17.9. The van der Waals surface area contributed by atoms with Gasteiger partial charge >= 0.3 is 0 Å². The van der Waals surface area contributed by atoms with E-state index in [4.69, 9.17) is 4.74 Å². The summed E-state index contributed by atoms with van der Waals surface area (Å²) < 4.78 is 5.26. The van der Waals surface area contributed by atoms with Gasteiger partial charge in [-0.3, -0.25) is 4.79 Å². The second kappa shape index (κ2) is 6.92. The first kappa shape index (κ1) is 16.2. The Bertz CT molecular complexity index is 935. The Kier molecular flexibility index (Phi) is 4.32. The first-order valence-corrected chi connectivity index (χ1v) is 8.66. The molecule has 3 aromatic rings. The van der Waals surface area contributed by atoms with E-state index in [2.05, 4.69) is 34.5 Å². The van der Waals surface area contributed by atoms with Crippen molar-refractivity contribution in [2.45, 2.75) is 6.42 Å². The van der Waals surface area contributed by atoms with Gasteiger partial charge in [-0.1, -0.05) is 30.3 Å². The maximum atomic E-state index is 12.5. The molecule has 0 spiro atoms. The Balaban J connectivity index is 1.51. The van der Waals surface area contributed by atoms with Gasteiger partial charge in [0, 0.05) is 23.6 Å². The molecule has 4 rings (SSSR count). The molecule has 0 bridgehead atoms. The minimum Gasteiger partial charge on any atom is -0.496 e. The van der Waals surface area contributed by atoms with Gasteiger partial charge in [-0.25, -0.2) is 0 Å². The Morgan fingerprint density at radius 3 is 2.50 bits per heavy atom. The maximum Gasteiger partial charge on any atom is 0.259 e. The molecule has 1 amide bonds. The van der Waals surface area contributed by atoms with Crippen molar-refractivity contribution < 1.29 is 9.53 Å². The molecule has 0 saturated carbocycles. The van der Waals surface area contributed by atoms with Gasteiger partial charge in [0.1, 0.15) is 5.75 Å². The minimum absolute atomic E-state index is 0.179. The van der Waals surface area contributed by atoms with Crippen LogP contribution in [0.15, 0.2) is 72.8 Å². The summed E-state index contributed by atoms with van der Waals surface area (Å²) in [5.41, 5.74) is 5.05. The van der Waals surface area contributed by atoms with Gasteiger partial charge in [0.15, 0.2) is 0 Å². The molecule has 1 N–H and O–H groups in total. The van der Waals surface area contributed by atoms with E-state index in [-0.39, 0.29) is 5.91 Å². The molecule has 4 nitrogen and oxygen atoms in total. The standard InChI is InChI=1S/C22H20N2O2/c1-26-21-9-5-3-7-19(21)22(25)23-17-10-12-18(13-11-17)24-15-14-16-6-2-4-8-20(16)24/h2-13H,14-15H2,1H3,(H,23,25). The molecule has 26 heavy (non-hydrogen) atoms. The summed E-state index contributed by atoms with van der Waals surface area (Å²) in [6.07, 6.45) is 1.06. The lowest BCUT2D eigenvalue weighted by Gasteiger charge is -2.20. The van der Waals surface area contributed by atoms with Gasteiger partial charge in [-0.05, 0) is 54.4 Å². The van der Waals surface area contributed by atoms with Crippen LogP contribution in [0, 0.1) is 0 Å². The zero-order valence-electron chi connectivity index (χ0n) is 14.6. The number of ether oxygens (including phenoxy) is 1. The predicted octanol–water partition coefficient (Wildman–Crippen LogP) is 4.64. The van der Waals surface area contributed by atoms with Crippen molar-refractivity contribution in [1.29, 1.82) is 0 Å². The molecule has 0 atom stereocenters. The number of para-hydroxylation sites is 2. The number of anilines is 3. The Labute approximate surface area is 153 Å². The smallest absolute Gasteiger partial charge is 0.259 e. The van der Waals surface area contributed by atoms with Crippen LogP contribution in [0.25, 0.3) is 0 Å². The average Bonchev–Trinajstić information content (AvgIpc) is 3.12. The summed E-state index contributed by atoms with van der Waals surface area (Å²) in [4.78, 5) is 14.8. The van der Waals surface area contributed by atoms with E-state index >= 15 is 0 Å². The van der Waals surface area contributed by atoms with E-state index in [1.807, 2.05) is 36.4 Å². The molecule has 1 aliphatic heterocycles. The molecule has 0 aromatic heterocycles. The molecule has 0 unspecified atom stereocenters.